The van der Waals surface area contributed by atoms with E-state index in [1.807, 2.05) is 0 Å². The molecule has 0 spiro atoms. The second-order valence-corrected chi connectivity index (χ2v) is 6.37. The van der Waals surface area contributed by atoms with E-state index in [1.54, 1.807) is 0 Å². The molecule has 0 atom stereocenters. The summed E-state index contributed by atoms with van der Waals surface area (Å²) in [5.41, 5.74) is 2.71. The van der Waals surface area contributed by atoms with Gasteiger partial charge in [-0.25, -0.2) is 0 Å². The summed E-state index contributed by atoms with van der Waals surface area (Å²) in [6.45, 7) is 5.65. The molecule has 1 aromatic carbocycles. The van der Waals surface area contributed by atoms with Crippen LogP contribution in [0.25, 0.3) is 0 Å². The van der Waals surface area contributed by atoms with Crippen LogP contribution in [0.4, 0.5) is 5.69 Å². The average molecular weight is 259 g/mol. The van der Waals surface area contributed by atoms with Gasteiger partial charge >= 0.3 is 0 Å². The summed E-state index contributed by atoms with van der Waals surface area (Å²) in [5.74, 6) is 1.50. The van der Waals surface area contributed by atoms with Gasteiger partial charge in [0.2, 0.25) is 0 Å². The Morgan fingerprint density at radius 1 is 0.947 bits per heavy atom. The molecule has 1 fully saturated rings. The van der Waals surface area contributed by atoms with Gasteiger partial charge < -0.3 is 5.32 Å². The molecule has 2 rings (SSSR count). The normalized spacial score (nSPS) is 18.1. The molecule has 1 heteroatoms. The highest BCUT2D eigenvalue weighted by molar-refractivity contribution is 5.45. The molecule has 1 N–H and O–H groups in total. The smallest absolute Gasteiger partial charge is 0.0340 e. The van der Waals surface area contributed by atoms with Crippen LogP contribution in [-0.4, -0.2) is 6.54 Å². The van der Waals surface area contributed by atoms with Crippen molar-refractivity contribution >= 4 is 5.69 Å². The van der Waals surface area contributed by atoms with E-state index in [1.165, 1.54) is 56.2 Å². The van der Waals surface area contributed by atoms with Crippen LogP contribution in [0, 0.1) is 5.92 Å². The topological polar surface area (TPSA) is 12.0 Å². The highest BCUT2D eigenvalue weighted by atomic mass is 14.9. The number of anilines is 1. The third-order valence-corrected chi connectivity index (χ3v) is 4.40. The van der Waals surface area contributed by atoms with Gasteiger partial charge in [-0.15, -0.1) is 0 Å². The Balaban J connectivity index is 1.80. The second kappa shape index (κ2) is 7.57. The predicted molar refractivity (Wildman–Crippen MR) is 84.8 cm³/mol. The quantitative estimate of drug-likeness (QED) is 0.744. The number of rotatable bonds is 4. The van der Waals surface area contributed by atoms with Gasteiger partial charge in [0.25, 0.3) is 0 Å². The van der Waals surface area contributed by atoms with E-state index in [0.717, 1.165) is 12.5 Å². The third kappa shape index (κ3) is 4.89. The van der Waals surface area contributed by atoms with Crippen molar-refractivity contribution in [2.45, 2.75) is 64.7 Å². The van der Waals surface area contributed by atoms with E-state index >= 15 is 0 Å². The fourth-order valence-corrected chi connectivity index (χ4v) is 2.99. The molecular formula is C18H29N. The SMILES string of the molecule is CC(C)c1ccc(NCC2CCCCCCC2)cc1. The van der Waals surface area contributed by atoms with Crippen molar-refractivity contribution in [3.05, 3.63) is 29.8 Å². The Kier molecular flexibility index (Phi) is 5.75. The highest BCUT2D eigenvalue weighted by Gasteiger charge is 2.11. The zero-order valence-corrected chi connectivity index (χ0v) is 12.6. The summed E-state index contributed by atoms with van der Waals surface area (Å²) in [6.07, 6.45) is 10.0. The molecule has 1 nitrogen and oxygen atoms in total. The van der Waals surface area contributed by atoms with E-state index in [9.17, 15) is 0 Å². The van der Waals surface area contributed by atoms with Gasteiger partial charge in [-0.2, -0.15) is 0 Å². The van der Waals surface area contributed by atoms with Crippen LogP contribution < -0.4 is 5.32 Å². The van der Waals surface area contributed by atoms with Crippen LogP contribution in [0.2, 0.25) is 0 Å². The standard InChI is InChI=1S/C18H29N/c1-15(2)17-10-12-18(13-11-17)19-14-16-8-6-4-3-5-7-9-16/h10-13,15-16,19H,3-9,14H2,1-2H3. The van der Waals surface area contributed by atoms with Gasteiger partial charge in [-0.3, -0.25) is 0 Å². The van der Waals surface area contributed by atoms with Crippen LogP contribution in [0.3, 0.4) is 0 Å². The minimum atomic E-state index is 0.625. The fraction of sp³-hybridized carbons (Fsp3) is 0.667. The monoisotopic (exact) mass is 259 g/mol. The van der Waals surface area contributed by atoms with Crippen LogP contribution in [0.5, 0.6) is 0 Å². The summed E-state index contributed by atoms with van der Waals surface area (Å²) in [5, 5.41) is 3.63. The molecular weight excluding hydrogens is 230 g/mol. The first-order valence-corrected chi connectivity index (χ1v) is 8.09. The highest BCUT2D eigenvalue weighted by Crippen LogP contribution is 2.23. The van der Waals surface area contributed by atoms with Gasteiger partial charge in [-0.05, 0) is 42.4 Å². The molecule has 1 aliphatic rings. The molecule has 0 saturated heterocycles. The van der Waals surface area contributed by atoms with Gasteiger partial charge in [0, 0.05) is 12.2 Å². The maximum absolute atomic E-state index is 3.63. The number of nitrogens with one attached hydrogen (secondary N) is 1. The summed E-state index contributed by atoms with van der Waals surface area (Å²) in [6, 6.07) is 8.98. The van der Waals surface area contributed by atoms with Crippen molar-refractivity contribution in [2.75, 3.05) is 11.9 Å². The number of hydrogen-bond acceptors (Lipinski definition) is 1. The Bertz CT molecular complexity index is 344. The lowest BCUT2D eigenvalue weighted by atomic mass is 9.91. The van der Waals surface area contributed by atoms with E-state index in [2.05, 4.69) is 43.4 Å². The second-order valence-electron chi connectivity index (χ2n) is 6.37. The summed E-state index contributed by atoms with van der Waals surface area (Å²) in [4.78, 5) is 0. The van der Waals surface area contributed by atoms with Gasteiger partial charge in [0.1, 0.15) is 0 Å². The molecule has 0 heterocycles. The van der Waals surface area contributed by atoms with E-state index in [-0.39, 0.29) is 0 Å². The molecule has 1 aromatic rings. The maximum Gasteiger partial charge on any atom is 0.0340 e. The summed E-state index contributed by atoms with van der Waals surface area (Å²) >= 11 is 0. The fourth-order valence-electron chi connectivity index (χ4n) is 2.99. The van der Waals surface area contributed by atoms with E-state index < -0.39 is 0 Å². The zero-order valence-electron chi connectivity index (χ0n) is 12.6. The Morgan fingerprint density at radius 3 is 2.11 bits per heavy atom. The minimum absolute atomic E-state index is 0.625. The maximum atomic E-state index is 3.63. The van der Waals surface area contributed by atoms with Gasteiger partial charge in [0.05, 0.1) is 0 Å². The van der Waals surface area contributed by atoms with Crippen molar-refractivity contribution in [2.24, 2.45) is 5.92 Å². The van der Waals surface area contributed by atoms with Crippen molar-refractivity contribution in [1.29, 1.82) is 0 Å². The first kappa shape index (κ1) is 14.4. The average Bonchev–Trinajstić information content (AvgIpc) is 2.38. The van der Waals surface area contributed by atoms with Crippen LogP contribution in [0.15, 0.2) is 24.3 Å². The lowest BCUT2D eigenvalue weighted by Crippen LogP contribution is -2.15. The lowest BCUT2D eigenvalue weighted by Gasteiger charge is -2.20. The summed E-state index contributed by atoms with van der Waals surface area (Å²) in [7, 11) is 0. The van der Waals surface area contributed by atoms with E-state index in [0.29, 0.717) is 5.92 Å². The molecule has 0 bridgehead atoms. The Hall–Kier alpha value is -0.980. The Labute approximate surface area is 118 Å². The van der Waals surface area contributed by atoms with Crippen molar-refractivity contribution in [1.82, 2.24) is 0 Å². The zero-order chi connectivity index (χ0) is 13.5. The third-order valence-electron chi connectivity index (χ3n) is 4.40. The molecule has 0 amide bonds. The Morgan fingerprint density at radius 2 is 1.53 bits per heavy atom. The number of benzene rings is 1. The first-order chi connectivity index (χ1) is 9.25. The van der Waals surface area contributed by atoms with Gasteiger partial charge in [-0.1, -0.05) is 58.1 Å². The number of hydrogen-bond donors (Lipinski definition) is 1. The molecule has 0 radical (unpaired) electrons. The van der Waals surface area contributed by atoms with Crippen LogP contribution >= 0.6 is 0 Å². The van der Waals surface area contributed by atoms with Crippen molar-refractivity contribution < 1.29 is 0 Å². The van der Waals surface area contributed by atoms with Crippen molar-refractivity contribution in [3.63, 3.8) is 0 Å². The molecule has 19 heavy (non-hydrogen) atoms. The molecule has 0 aromatic heterocycles. The predicted octanol–water partition coefficient (Wildman–Crippen LogP) is 5.58. The molecule has 1 saturated carbocycles. The van der Waals surface area contributed by atoms with Crippen molar-refractivity contribution in [3.8, 4) is 0 Å². The molecule has 106 valence electrons. The molecule has 1 aliphatic carbocycles. The molecule has 0 unspecified atom stereocenters. The summed E-state index contributed by atoms with van der Waals surface area (Å²) < 4.78 is 0. The largest absolute Gasteiger partial charge is 0.385 e. The van der Waals surface area contributed by atoms with Crippen LogP contribution in [0.1, 0.15) is 70.3 Å². The minimum Gasteiger partial charge on any atom is -0.385 e. The van der Waals surface area contributed by atoms with E-state index in [4.69, 9.17) is 0 Å². The lowest BCUT2D eigenvalue weighted by molar-refractivity contribution is 0.392. The first-order valence-electron chi connectivity index (χ1n) is 8.09. The molecule has 0 aliphatic heterocycles. The van der Waals surface area contributed by atoms with Gasteiger partial charge in [0.15, 0.2) is 0 Å². The van der Waals surface area contributed by atoms with Crippen LogP contribution in [-0.2, 0) is 0 Å².